The van der Waals surface area contributed by atoms with Gasteiger partial charge in [-0.3, -0.25) is 0 Å². The van der Waals surface area contributed by atoms with E-state index in [-0.39, 0.29) is 12.3 Å². The minimum atomic E-state index is -4.70. The Balaban J connectivity index is 3.01. The van der Waals surface area contributed by atoms with E-state index in [1.165, 1.54) is 0 Å². The smallest absolute Gasteiger partial charge is 0.417 e. The zero-order valence-electron chi connectivity index (χ0n) is 9.29. The van der Waals surface area contributed by atoms with Crippen LogP contribution in [0.2, 0.25) is 0 Å². The Kier molecular flexibility index (Phi) is 4.55. The zero-order chi connectivity index (χ0) is 13.8. The van der Waals surface area contributed by atoms with Crippen LogP contribution in [0.15, 0.2) is 18.2 Å². The highest BCUT2D eigenvalue weighted by Crippen LogP contribution is 2.33. The number of benzene rings is 1. The number of aliphatic hydroxyl groups is 1. The lowest BCUT2D eigenvalue weighted by Gasteiger charge is -2.12. The highest BCUT2D eigenvalue weighted by molar-refractivity contribution is 5.91. The summed E-state index contributed by atoms with van der Waals surface area (Å²) >= 11 is 0. The molecule has 0 heterocycles. The van der Waals surface area contributed by atoms with Crippen LogP contribution in [0.4, 0.5) is 18.9 Å². The predicted octanol–water partition coefficient (Wildman–Crippen LogP) is 2.20. The largest absolute Gasteiger partial charge is 0.478 e. The predicted molar refractivity (Wildman–Crippen MR) is 58.6 cm³/mol. The van der Waals surface area contributed by atoms with Gasteiger partial charge in [-0.15, -0.1) is 0 Å². The highest BCUT2D eigenvalue weighted by Gasteiger charge is 2.35. The van der Waals surface area contributed by atoms with E-state index < -0.39 is 23.3 Å². The van der Waals surface area contributed by atoms with E-state index in [1.807, 2.05) is 0 Å². The van der Waals surface area contributed by atoms with Crippen molar-refractivity contribution >= 4 is 11.7 Å². The summed E-state index contributed by atoms with van der Waals surface area (Å²) in [6, 6.07) is 2.82. The van der Waals surface area contributed by atoms with Crippen LogP contribution in [0, 0.1) is 0 Å². The lowest BCUT2D eigenvalue weighted by Crippen LogP contribution is -2.14. The van der Waals surface area contributed by atoms with E-state index >= 15 is 0 Å². The number of halogens is 3. The number of aliphatic hydroxyl groups excluding tert-OH is 1. The van der Waals surface area contributed by atoms with Crippen molar-refractivity contribution in [2.45, 2.75) is 12.6 Å². The molecule has 0 aliphatic carbocycles. The van der Waals surface area contributed by atoms with Gasteiger partial charge in [0.05, 0.1) is 11.1 Å². The third-order valence-electron chi connectivity index (χ3n) is 2.22. The lowest BCUT2D eigenvalue weighted by molar-refractivity contribution is -0.138. The molecule has 0 aliphatic rings. The topological polar surface area (TPSA) is 69.6 Å². The molecule has 100 valence electrons. The summed E-state index contributed by atoms with van der Waals surface area (Å²) in [6.07, 6.45) is -4.28. The molecule has 7 heteroatoms. The fraction of sp³-hybridized carbons (Fsp3) is 0.364. The number of aromatic carboxylic acids is 1. The van der Waals surface area contributed by atoms with Gasteiger partial charge in [-0.25, -0.2) is 4.79 Å². The van der Waals surface area contributed by atoms with Crippen LogP contribution in [0.5, 0.6) is 0 Å². The fourth-order valence-electron chi connectivity index (χ4n) is 1.39. The standard InChI is InChI=1S/C11H12F3NO3/c12-11(13,14)9-3-2-7(15-4-1-5-16)6-8(9)10(17)18/h2-3,6,15-16H,1,4-5H2,(H,17,18). The van der Waals surface area contributed by atoms with Gasteiger partial charge in [-0.2, -0.15) is 13.2 Å². The Morgan fingerprint density at radius 3 is 2.50 bits per heavy atom. The SMILES string of the molecule is O=C(O)c1cc(NCCCO)ccc1C(F)(F)F. The number of anilines is 1. The summed E-state index contributed by atoms with van der Waals surface area (Å²) in [6.45, 7) is 0.292. The second-order valence-electron chi connectivity index (χ2n) is 3.57. The van der Waals surface area contributed by atoms with Gasteiger partial charge in [0.15, 0.2) is 0 Å². The molecule has 0 aliphatic heterocycles. The maximum atomic E-state index is 12.5. The van der Waals surface area contributed by atoms with Crippen molar-refractivity contribution in [3.63, 3.8) is 0 Å². The molecule has 0 saturated carbocycles. The van der Waals surface area contributed by atoms with E-state index in [1.54, 1.807) is 0 Å². The molecular formula is C11H12F3NO3. The molecule has 0 atom stereocenters. The van der Waals surface area contributed by atoms with Crippen LogP contribution < -0.4 is 5.32 Å². The number of hydrogen-bond donors (Lipinski definition) is 3. The van der Waals surface area contributed by atoms with Gasteiger partial charge < -0.3 is 15.5 Å². The van der Waals surface area contributed by atoms with Crippen molar-refractivity contribution in [3.05, 3.63) is 29.3 Å². The molecular weight excluding hydrogens is 251 g/mol. The quantitative estimate of drug-likeness (QED) is 0.712. The number of carbonyl (C=O) groups is 1. The first-order chi connectivity index (χ1) is 8.36. The van der Waals surface area contributed by atoms with E-state index in [0.29, 0.717) is 13.0 Å². The fourth-order valence-corrected chi connectivity index (χ4v) is 1.39. The number of nitrogens with one attached hydrogen (secondary N) is 1. The van der Waals surface area contributed by atoms with E-state index in [2.05, 4.69) is 5.32 Å². The molecule has 18 heavy (non-hydrogen) atoms. The van der Waals surface area contributed by atoms with Gasteiger partial charge >= 0.3 is 12.1 Å². The van der Waals surface area contributed by atoms with Crippen LogP contribution >= 0.6 is 0 Å². The van der Waals surface area contributed by atoms with Crippen molar-refractivity contribution in [1.29, 1.82) is 0 Å². The average Bonchev–Trinajstić information content (AvgIpc) is 2.27. The van der Waals surface area contributed by atoms with Gasteiger partial charge in [-0.05, 0) is 24.6 Å². The minimum absolute atomic E-state index is 0.0561. The van der Waals surface area contributed by atoms with Crippen LogP contribution in [-0.4, -0.2) is 29.3 Å². The molecule has 3 N–H and O–H groups in total. The second kappa shape index (κ2) is 5.72. The summed E-state index contributed by atoms with van der Waals surface area (Å²) in [5, 5.41) is 20.0. The van der Waals surface area contributed by atoms with Crippen LogP contribution in [-0.2, 0) is 6.18 Å². The summed E-state index contributed by atoms with van der Waals surface area (Å²) in [7, 11) is 0. The number of carboxylic acid groups (broad SMARTS) is 1. The van der Waals surface area contributed by atoms with Crippen molar-refractivity contribution in [2.75, 3.05) is 18.5 Å². The maximum Gasteiger partial charge on any atom is 0.417 e. The van der Waals surface area contributed by atoms with Crippen molar-refractivity contribution in [1.82, 2.24) is 0 Å². The molecule has 0 unspecified atom stereocenters. The summed E-state index contributed by atoms with van der Waals surface area (Å²) in [5.74, 6) is -1.63. The van der Waals surface area contributed by atoms with E-state index in [4.69, 9.17) is 10.2 Å². The number of hydrogen-bond acceptors (Lipinski definition) is 3. The molecule has 0 radical (unpaired) electrons. The summed E-state index contributed by atoms with van der Waals surface area (Å²) in [5.41, 5.74) is -1.70. The molecule has 0 aromatic heterocycles. The molecule has 1 rings (SSSR count). The normalized spacial score (nSPS) is 11.3. The molecule has 0 bridgehead atoms. The Hall–Kier alpha value is -1.76. The average molecular weight is 263 g/mol. The first-order valence-electron chi connectivity index (χ1n) is 5.15. The van der Waals surface area contributed by atoms with E-state index in [0.717, 1.165) is 18.2 Å². The third-order valence-corrected chi connectivity index (χ3v) is 2.22. The van der Waals surface area contributed by atoms with Crippen LogP contribution in [0.1, 0.15) is 22.3 Å². The zero-order valence-corrected chi connectivity index (χ0v) is 9.29. The number of alkyl halides is 3. The summed E-state index contributed by atoms with van der Waals surface area (Å²) < 4.78 is 37.6. The minimum Gasteiger partial charge on any atom is -0.478 e. The van der Waals surface area contributed by atoms with Gasteiger partial charge in [0.25, 0.3) is 0 Å². The van der Waals surface area contributed by atoms with Crippen LogP contribution in [0.25, 0.3) is 0 Å². The lowest BCUT2D eigenvalue weighted by atomic mass is 10.1. The molecule has 0 spiro atoms. The summed E-state index contributed by atoms with van der Waals surface area (Å²) in [4.78, 5) is 10.8. The van der Waals surface area contributed by atoms with Crippen molar-refractivity contribution in [3.8, 4) is 0 Å². The van der Waals surface area contributed by atoms with Crippen LogP contribution in [0.3, 0.4) is 0 Å². The molecule has 1 aromatic rings. The number of rotatable bonds is 5. The second-order valence-corrected chi connectivity index (χ2v) is 3.57. The first-order valence-corrected chi connectivity index (χ1v) is 5.15. The van der Waals surface area contributed by atoms with Gasteiger partial charge in [0, 0.05) is 18.8 Å². The Bertz CT molecular complexity index is 432. The highest BCUT2D eigenvalue weighted by atomic mass is 19.4. The Labute approximate surface area is 101 Å². The molecule has 1 aromatic carbocycles. The third kappa shape index (κ3) is 3.63. The number of carboxylic acids is 1. The Morgan fingerprint density at radius 2 is 2.00 bits per heavy atom. The Morgan fingerprint density at radius 1 is 1.33 bits per heavy atom. The molecule has 4 nitrogen and oxygen atoms in total. The van der Waals surface area contributed by atoms with Crippen molar-refractivity contribution in [2.24, 2.45) is 0 Å². The van der Waals surface area contributed by atoms with Gasteiger partial charge in [-0.1, -0.05) is 0 Å². The maximum absolute atomic E-state index is 12.5. The molecule has 0 saturated heterocycles. The van der Waals surface area contributed by atoms with Crippen molar-refractivity contribution < 1.29 is 28.2 Å². The van der Waals surface area contributed by atoms with E-state index in [9.17, 15) is 18.0 Å². The first kappa shape index (κ1) is 14.3. The monoisotopic (exact) mass is 263 g/mol. The molecule has 0 amide bonds. The van der Waals surface area contributed by atoms with Gasteiger partial charge in [0.1, 0.15) is 0 Å². The van der Waals surface area contributed by atoms with Gasteiger partial charge in [0.2, 0.25) is 0 Å². The molecule has 0 fully saturated rings.